The number of benzene rings is 1. The molecule has 1 aliphatic carbocycles. The van der Waals surface area contributed by atoms with Crippen molar-refractivity contribution in [3.8, 4) is 0 Å². The number of hydrogen-bond donors (Lipinski definition) is 1. The molecule has 0 aromatic heterocycles. The predicted molar refractivity (Wildman–Crippen MR) is 69.3 cm³/mol. The lowest BCUT2D eigenvalue weighted by atomic mass is 9.96. The van der Waals surface area contributed by atoms with E-state index < -0.39 is 0 Å². The zero-order chi connectivity index (χ0) is 11.2. The second-order valence-electron chi connectivity index (χ2n) is 4.93. The van der Waals surface area contributed by atoms with Gasteiger partial charge in [0.05, 0.1) is 0 Å². The van der Waals surface area contributed by atoms with Crippen LogP contribution in [0, 0.1) is 5.92 Å². The van der Waals surface area contributed by atoms with Crippen molar-refractivity contribution in [1.29, 1.82) is 0 Å². The van der Waals surface area contributed by atoms with Crippen LogP contribution in [0.5, 0.6) is 0 Å². The van der Waals surface area contributed by atoms with Gasteiger partial charge in [-0.15, -0.1) is 0 Å². The van der Waals surface area contributed by atoms with Crippen LogP contribution in [0.2, 0.25) is 0 Å². The molecule has 0 aliphatic heterocycles. The van der Waals surface area contributed by atoms with Crippen LogP contribution in [0.25, 0.3) is 0 Å². The lowest BCUT2D eigenvalue weighted by Gasteiger charge is -2.23. The predicted octanol–water partition coefficient (Wildman–Crippen LogP) is 3.75. The van der Waals surface area contributed by atoms with Gasteiger partial charge in [0.25, 0.3) is 0 Å². The Balaban J connectivity index is 1.83. The molecule has 1 aromatic rings. The van der Waals surface area contributed by atoms with Crippen LogP contribution in [0.4, 0.5) is 0 Å². The van der Waals surface area contributed by atoms with Crippen LogP contribution >= 0.6 is 0 Å². The molecule has 1 heteroatoms. The van der Waals surface area contributed by atoms with Gasteiger partial charge in [0.2, 0.25) is 0 Å². The fraction of sp³-hybridized carbons (Fsp3) is 0.600. The molecule has 0 radical (unpaired) electrons. The van der Waals surface area contributed by atoms with Gasteiger partial charge in [0, 0.05) is 12.6 Å². The zero-order valence-corrected chi connectivity index (χ0v) is 10.3. The van der Waals surface area contributed by atoms with E-state index in [0.29, 0.717) is 0 Å². The topological polar surface area (TPSA) is 12.0 Å². The third-order valence-electron chi connectivity index (χ3n) is 3.82. The maximum absolute atomic E-state index is 3.73. The molecule has 1 atom stereocenters. The summed E-state index contributed by atoms with van der Waals surface area (Å²) in [4.78, 5) is 0. The van der Waals surface area contributed by atoms with Crippen molar-refractivity contribution in [2.75, 3.05) is 0 Å². The molecule has 1 aliphatic rings. The van der Waals surface area contributed by atoms with Crippen molar-refractivity contribution in [3.05, 3.63) is 35.9 Å². The fourth-order valence-corrected chi connectivity index (χ4v) is 2.85. The van der Waals surface area contributed by atoms with E-state index in [0.717, 1.165) is 18.5 Å². The molecule has 0 saturated heterocycles. The summed E-state index contributed by atoms with van der Waals surface area (Å²) in [5, 5.41) is 3.73. The zero-order valence-electron chi connectivity index (χ0n) is 10.3. The van der Waals surface area contributed by atoms with E-state index >= 15 is 0 Å². The first kappa shape index (κ1) is 11.7. The third kappa shape index (κ3) is 3.08. The van der Waals surface area contributed by atoms with Crippen LogP contribution < -0.4 is 5.32 Å². The first-order valence-corrected chi connectivity index (χ1v) is 6.67. The van der Waals surface area contributed by atoms with Gasteiger partial charge in [0.15, 0.2) is 0 Å². The molecule has 1 nitrogen and oxygen atoms in total. The summed E-state index contributed by atoms with van der Waals surface area (Å²) in [7, 11) is 0. The SMILES string of the molecule is CC[C@H](NCc1ccccc1)C1CCCC1. The Morgan fingerprint density at radius 3 is 2.50 bits per heavy atom. The highest BCUT2D eigenvalue weighted by Gasteiger charge is 2.22. The van der Waals surface area contributed by atoms with Gasteiger partial charge in [-0.25, -0.2) is 0 Å². The largest absolute Gasteiger partial charge is 0.310 e. The molecule has 0 heterocycles. The van der Waals surface area contributed by atoms with E-state index in [1.54, 1.807) is 0 Å². The van der Waals surface area contributed by atoms with Crippen molar-refractivity contribution in [2.24, 2.45) is 5.92 Å². The Morgan fingerprint density at radius 2 is 1.88 bits per heavy atom. The summed E-state index contributed by atoms with van der Waals surface area (Å²) < 4.78 is 0. The van der Waals surface area contributed by atoms with Gasteiger partial charge in [-0.3, -0.25) is 0 Å². The lowest BCUT2D eigenvalue weighted by Crippen LogP contribution is -2.34. The molecular weight excluding hydrogens is 194 g/mol. The van der Waals surface area contributed by atoms with E-state index in [9.17, 15) is 0 Å². The maximum Gasteiger partial charge on any atom is 0.0208 e. The van der Waals surface area contributed by atoms with Gasteiger partial charge in [0.1, 0.15) is 0 Å². The number of hydrogen-bond acceptors (Lipinski definition) is 1. The van der Waals surface area contributed by atoms with Gasteiger partial charge in [-0.05, 0) is 30.7 Å². The van der Waals surface area contributed by atoms with Crippen LogP contribution in [0.1, 0.15) is 44.6 Å². The highest BCUT2D eigenvalue weighted by Crippen LogP contribution is 2.29. The van der Waals surface area contributed by atoms with E-state index in [1.165, 1.54) is 37.7 Å². The Kier molecular flexibility index (Phi) is 4.41. The van der Waals surface area contributed by atoms with Crippen LogP contribution in [-0.2, 0) is 6.54 Å². The summed E-state index contributed by atoms with van der Waals surface area (Å²) in [6.07, 6.45) is 7.00. The van der Waals surface area contributed by atoms with Gasteiger partial charge >= 0.3 is 0 Å². The molecular formula is C15H23N. The summed E-state index contributed by atoms with van der Waals surface area (Å²) >= 11 is 0. The minimum absolute atomic E-state index is 0.725. The van der Waals surface area contributed by atoms with E-state index in [2.05, 4.69) is 42.6 Å². The maximum atomic E-state index is 3.73. The van der Waals surface area contributed by atoms with Crippen molar-refractivity contribution >= 4 is 0 Å². The first-order chi connectivity index (χ1) is 7.90. The molecule has 88 valence electrons. The molecule has 0 unspecified atom stereocenters. The standard InChI is InChI=1S/C15H23N/c1-2-15(14-10-6-7-11-14)16-12-13-8-4-3-5-9-13/h3-5,8-9,14-16H,2,6-7,10-12H2,1H3/t15-/m0/s1. The van der Waals surface area contributed by atoms with Crippen molar-refractivity contribution in [2.45, 2.75) is 51.6 Å². The molecule has 1 aromatic carbocycles. The van der Waals surface area contributed by atoms with E-state index in [1.807, 2.05) is 0 Å². The van der Waals surface area contributed by atoms with E-state index in [4.69, 9.17) is 0 Å². The Hall–Kier alpha value is -0.820. The highest BCUT2D eigenvalue weighted by atomic mass is 14.9. The molecule has 1 saturated carbocycles. The Morgan fingerprint density at radius 1 is 1.19 bits per heavy atom. The van der Waals surface area contributed by atoms with Crippen LogP contribution in [-0.4, -0.2) is 6.04 Å². The van der Waals surface area contributed by atoms with Crippen molar-refractivity contribution in [1.82, 2.24) is 5.32 Å². The summed E-state index contributed by atoms with van der Waals surface area (Å²) in [5.74, 6) is 0.925. The van der Waals surface area contributed by atoms with Crippen molar-refractivity contribution < 1.29 is 0 Å². The van der Waals surface area contributed by atoms with Gasteiger partial charge < -0.3 is 5.32 Å². The number of rotatable bonds is 5. The second-order valence-corrected chi connectivity index (χ2v) is 4.93. The van der Waals surface area contributed by atoms with Crippen molar-refractivity contribution in [3.63, 3.8) is 0 Å². The van der Waals surface area contributed by atoms with Crippen LogP contribution in [0.3, 0.4) is 0 Å². The van der Waals surface area contributed by atoms with Crippen LogP contribution in [0.15, 0.2) is 30.3 Å². The lowest BCUT2D eigenvalue weighted by molar-refractivity contribution is 0.348. The Bertz CT molecular complexity index is 288. The monoisotopic (exact) mass is 217 g/mol. The second kappa shape index (κ2) is 6.05. The average Bonchev–Trinajstić information content (AvgIpc) is 2.85. The molecule has 0 amide bonds. The summed E-state index contributed by atoms with van der Waals surface area (Å²) in [6, 6.07) is 11.4. The normalized spacial score (nSPS) is 18.8. The minimum Gasteiger partial charge on any atom is -0.310 e. The highest BCUT2D eigenvalue weighted by molar-refractivity contribution is 5.14. The molecule has 2 rings (SSSR count). The molecule has 0 bridgehead atoms. The molecule has 1 N–H and O–H groups in total. The first-order valence-electron chi connectivity index (χ1n) is 6.67. The average molecular weight is 217 g/mol. The van der Waals surface area contributed by atoms with E-state index in [-0.39, 0.29) is 0 Å². The third-order valence-corrected chi connectivity index (χ3v) is 3.82. The van der Waals surface area contributed by atoms with Gasteiger partial charge in [-0.2, -0.15) is 0 Å². The number of nitrogens with one attached hydrogen (secondary N) is 1. The Labute approximate surface area is 99.3 Å². The molecule has 16 heavy (non-hydrogen) atoms. The quantitative estimate of drug-likeness (QED) is 0.792. The van der Waals surface area contributed by atoms with Gasteiger partial charge in [-0.1, -0.05) is 50.1 Å². The fourth-order valence-electron chi connectivity index (χ4n) is 2.85. The molecule has 0 spiro atoms. The molecule has 1 fully saturated rings. The minimum atomic E-state index is 0.725. The summed E-state index contributed by atoms with van der Waals surface area (Å²) in [6.45, 7) is 3.33. The summed E-state index contributed by atoms with van der Waals surface area (Å²) in [5.41, 5.74) is 1.40. The smallest absolute Gasteiger partial charge is 0.0208 e.